The van der Waals surface area contributed by atoms with Crippen molar-refractivity contribution in [2.75, 3.05) is 13.6 Å². The van der Waals surface area contributed by atoms with Gasteiger partial charge in [0.2, 0.25) is 10.0 Å². The van der Waals surface area contributed by atoms with Gasteiger partial charge in [-0.15, -0.1) is 0 Å². The highest BCUT2D eigenvalue weighted by molar-refractivity contribution is 7.89. The van der Waals surface area contributed by atoms with Gasteiger partial charge in [-0.1, -0.05) is 36.8 Å². The smallest absolute Gasteiger partial charge is 0.254 e. The molecule has 0 saturated heterocycles. The Morgan fingerprint density at radius 1 is 1.15 bits per heavy atom. The number of carbonyl (C=O) groups excluding carboxylic acids is 1. The normalized spacial score (nSPS) is 15.9. The predicted octanol–water partition coefficient (Wildman–Crippen LogP) is 2.59. The molecular formula is C19H21FN2O3S. The van der Waals surface area contributed by atoms with Gasteiger partial charge in [0.1, 0.15) is 5.82 Å². The second-order valence-corrected chi connectivity index (χ2v) is 8.42. The zero-order chi connectivity index (χ0) is 18.8. The molecule has 0 spiro atoms. The highest BCUT2D eigenvalue weighted by Gasteiger charge is 2.38. The lowest BCUT2D eigenvalue weighted by molar-refractivity contribution is 0.0923. The Bertz CT molecular complexity index is 910. The molecule has 0 heterocycles. The fourth-order valence-corrected chi connectivity index (χ4v) is 4.03. The van der Waals surface area contributed by atoms with Crippen molar-refractivity contribution < 1.29 is 17.6 Å². The molecule has 138 valence electrons. The van der Waals surface area contributed by atoms with Gasteiger partial charge in [-0.25, -0.2) is 17.5 Å². The number of nitrogens with one attached hydrogen (secondary N) is 2. The van der Waals surface area contributed by atoms with E-state index in [0.717, 1.165) is 43.0 Å². The number of hydrogen-bond donors (Lipinski definition) is 2. The van der Waals surface area contributed by atoms with Crippen LogP contribution in [0.4, 0.5) is 4.39 Å². The largest absolute Gasteiger partial charge is 0.351 e. The first-order valence-electron chi connectivity index (χ1n) is 8.45. The van der Waals surface area contributed by atoms with Gasteiger partial charge in [-0.2, -0.15) is 0 Å². The third-order valence-electron chi connectivity index (χ3n) is 5.05. The Balaban J connectivity index is 1.79. The van der Waals surface area contributed by atoms with Crippen molar-refractivity contribution in [1.82, 2.24) is 10.0 Å². The van der Waals surface area contributed by atoms with E-state index >= 15 is 0 Å². The second-order valence-electron chi connectivity index (χ2n) is 6.53. The average Bonchev–Trinajstić information content (AvgIpc) is 2.61. The van der Waals surface area contributed by atoms with Gasteiger partial charge in [0.05, 0.1) is 10.5 Å². The summed E-state index contributed by atoms with van der Waals surface area (Å²) in [5.41, 5.74) is 0.740. The van der Waals surface area contributed by atoms with Crippen molar-refractivity contribution in [2.24, 2.45) is 0 Å². The maximum Gasteiger partial charge on any atom is 0.254 e. The van der Waals surface area contributed by atoms with E-state index in [9.17, 15) is 17.6 Å². The van der Waals surface area contributed by atoms with Crippen molar-refractivity contribution in [3.8, 4) is 0 Å². The fourth-order valence-electron chi connectivity index (χ4n) is 3.27. The molecule has 5 nitrogen and oxygen atoms in total. The number of rotatable bonds is 6. The zero-order valence-electron chi connectivity index (χ0n) is 14.5. The van der Waals surface area contributed by atoms with Gasteiger partial charge in [0.15, 0.2) is 0 Å². The van der Waals surface area contributed by atoms with Crippen LogP contribution in [0.1, 0.15) is 35.2 Å². The topological polar surface area (TPSA) is 75.3 Å². The zero-order valence-corrected chi connectivity index (χ0v) is 15.3. The van der Waals surface area contributed by atoms with Gasteiger partial charge in [-0.05, 0) is 43.7 Å². The van der Waals surface area contributed by atoms with Gasteiger partial charge in [-0.3, -0.25) is 4.79 Å². The summed E-state index contributed by atoms with van der Waals surface area (Å²) in [5, 5.41) is 2.78. The summed E-state index contributed by atoms with van der Waals surface area (Å²) in [6, 6.07) is 13.1. The molecule has 2 aromatic carbocycles. The van der Waals surface area contributed by atoms with Crippen molar-refractivity contribution in [2.45, 2.75) is 29.6 Å². The molecule has 1 amide bonds. The van der Waals surface area contributed by atoms with E-state index in [1.165, 1.54) is 7.05 Å². The van der Waals surface area contributed by atoms with Crippen molar-refractivity contribution in [3.63, 3.8) is 0 Å². The minimum absolute atomic E-state index is 0.137. The molecule has 1 fully saturated rings. The molecule has 26 heavy (non-hydrogen) atoms. The number of hydrogen-bond acceptors (Lipinski definition) is 3. The van der Waals surface area contributed by atoms with Gasteiger partial charge < -0.3 is 5.32 Å². The van der Waals surface area contributed by atoms with E-state index in [2.05, 4.69) is 10.0 Å². The monoisotopic (exact) mass is 376 g/mol. The van der Waals surface area contributed by atoms with E-state index in [-0.39, 0.29) is 15.9 Å². The van der Waals surface area contributed by atoms with E-state index in [0.29, 0.717) is 6.54 Å². The maximum atomic E-state index is 14.1. The molecule has 1 aliphatic rings. The van der Waals surface area contributed by atoms with Crippen LogP contribution < -0.4 is 10.0 Å². The first kappa shape index (κ1) is 18.5. The van der Waals surface area contributed by atoms with Crippen molar-refractivity contribution in [1.29, 1.82) is 0 Å². The Kier molecular flexibility index (Phi) is 5.11. The number of carbonyl (C=O) groups is 1. The Morgan fingerprint density at radius 3 is 2.42 bits per heavy atom. The molecule has 3 rings (SSSR count). The maximum absolute atomic E-state index is 14.1. The van der Waals surface area contributed by atoms with Crippen LogP contribution in [0.15, 0.2) is 53.4 Å². The summed E-state index contributed by atoms with van der Waals surface area (Å²) in [6.45, 7) is 0.387. The summed E-state index contributed by atoms with van der Waals surface area (Å²) in [5.74, 6) is -1.36. The lowest BCUT2D eigenvalue weighted by atomic mass is 9.64. The van der Waals surface area contributed by atoms with Crippen LogP contribution >= 0.6 is 0 Å². The number of halogens is 1. The lowest BCUT2D eigenvalue weighted by Crippen LogP contribution is -2.45. The van der Waals surface area contributed by atoms with E-state index < -0.39 is 21.7 Å². The third kappa shape index (κ3) is 3.50. The molecule has 0 radical (unpaired) electrons. The fraction of sp³-hybridized carbons (Fsp3) is 0.316. The van der Waals surface area contributed by atoms with Gasteiger partial charge >= 0.3 is 0 Å². The molecule has 0 atom stereocenters. The highest BCUT2D eigenvalue weighted by atomic mass is 32.2. The molecule has 0 aromatic heterocycles. The average molecular weight is 376 g/mol. The highest BCUT2D eigenvalue weighted by Crippen LogP contribution is 2.43. The standard InChI is InChI=1S/C19H21FN2O3S/c1-21-26(24,25)15-8-9-17(20)16(12-15)18(23)22-13-19(10-5-11-19)14-6-3-2-4-7-14/h2-4,6-9,12,21H,5,10-11,13H2,1H3,(H,22,23). The van der Waals surface area contributed by atoms with Crippen LogP contribution in [-0.2, 0) is 15.4 Å². The SMILES string of the molecule is CNS(=O)(=O)c1ccc(F)c(C(=O)NCC2(c3ccccc3)CCC2)c1. The Hall–Kier alpha value is -2.25. The van der Waals surface area contributed by atoms with Crippen molar-refractivity contribution in [3.05, 3.63) is 65.5 Å². The first-order valence-corrected chi connectivity index (χ1v) is 9.93. The minimum atomic E-state index is -3.75. The van der Waals surface area contributed by atoms with E-state index in [1.807, 2.05) is 30.3 Å². The van der Waals surface area contributed by atoms with Crippen LogP contribution in [-0.4, -0.2) is 27.9 Å². The number of sulfonamides is 1. The van der Waals surface area contributed by atoms with Crippen molar-refractivity contribution >= 4 is 15.9 Å². The first-order chi connectivity index (χ1) is 12.4. The summed E-state index contributed by atoms with van der Waals surface area (Å²) in [6.07, 6.45) is 2.98. The van der Waals surface area contributed by atoms with Crippen LogP contribution in [0.2, 0.25) is 0 Å². The summed E-state index contributed by atoms with van der Waals surface area (Å²) in [7, 11) is -2.48. The van der Waals surface area contributed by atoms with Crippen LogP contribution in [0.25, 0.3) is 0 Å². The summed E-state index contributed by atoms with van der Waals surface area (Å²) < 4.78 is 40.0. The van der Waals surface area contributed by atoms with E-state index in [1.54, 1.807) is 0 Å². The molecule has 2 aromatic rings. The van der Waals surface area contributed by atoms with Crippen LogP contribution in [0.5, 0.6) is 0 Å². The second kappa shape index (κ2) is 7.17. The molecule has 1 aliphatic carbocycles. The molecule has 2 N–H and O–H groups in total. The number of amides is 1. The number of benzene rings is 2. The third-order valence-corrected chi connectivity index (χ3v) is 6.46. The van der Waals surface area contributed by atoms with E-state index in [4.69, 9.17) is 0 Å². The Labute approximate surface area is 152 Å². The molecule has 0 aliphatic heterocycles. The van der Waals surface area contributed by atoms with Gasteiger partial charge in [0, 0.05) is 12.0 Å². The van der Waals surface area contributed by atoms with Gasteiger partial charge in [0.25, 0.3) is 5.91 Å². The summed E-state index contributed by atoms with van der Waals surface area (Å²) >= 11 is 0. The summed E-state index contributed by atoms with van der Waals surface area (Å²) in [4.78, 5) is 12.3. The lowest BCUT2D eigenvalue weighted by Gasteiger charge is -2.42. The minimum Gasteiger partial charge on any atom is -0.351 e. The molecule has 0 bridgehead atoms. The predicted molar refractivity (Wildman–Crippen MR) is 96.9 cm³/mol. The molecule has 0 unspecified atom stereocenters. The van der Waals surface area contributed by atoms with Crippen LogP contribution in [0, 0.1) is 5.82 Å². The molecule has 1 saturated carbocycles. The quantitative estimate of drug-likeness (QED) is 0.814. The molecular weight excluding hydrogens is 355 g/mol. The molecule has 7 heteroatoms. The Morgan fingerprint density at radius 2 is 1.85 bits per heavy atom. The van der Waals surface area contributed by atoms with Crippen LogP contribution in [0.3, 0.4) is 0 Å².